The van der Waals surface area contributed by atoms with Crippen LogP contribution in [0.2, 0.25) is 0 Å². The topological polar surface area (TPSA) is 0 Å². The maximum absolute atomic E-state index is 3.43. The summed E-state index contributed by atoms with van der Waals surface area (Å²) < 4.78 is 0. The Morgan fingerprint density at radius 3 is 1.50 bits per heavy atom. The average Bonchev–Trinajstić information content (AvgIpc) is 2.47. The van der Waals surface area contributed by atoms with Crippen molar-refractivity contribution in [3.63, 3.8) is 0 Å². The summed E-state index contributed by atoms with van der Waals surface area (Å²) in [6, 6.07) is 0. The molecular weight excluding hydrogens is 308 g/mol. The number of hydrogen-bond acceptors (Lipinski definition) is 0. The Balaban J connectivity index is 3.36. The average molecular weight is 339 g/mol. The minimum Gasteiger partial charge on any atom is -0.0928 e. The lowest BCUT2D eigenvalue weighted by Crippen LogP contribution is -1.70. The van der Waals surface area contributed by atoms with Crippen LogP contribution in [0.15, 0.2) is 48.6 Å². The van der Waals surface area contributed by atoms with Gasteiger partial charge in [-0.05, 0) is 44.9 Å². The molecule has 0 nitrogen and oxygen atoms in total. The molecule has 114 valence electrons. The van der Waals surface area contributed by atoms with Crippen molar-refractivity contribution >= 4 is 15.9 Å². The molecule has 0 aromatic rings. The minimum atomic E-state index is 1.05. The normalized spacial score (nSPS) is 12.7. The summed E-state index contributed by atoms with van der Waals surface area (Å²) in [7, 11) is 0. The number of halogens is 1. The zero-order chi connectivity index (χ0) is 14.7. The second kappa shape index (κ2) is 18.4. The van der Waals surface area contributed by atoms with Crippen LogP contribution in [0.3, 0.4) is 0 Å². The first-order valence-electron chi connectivity index (χ1n) is 8.07. The van der Waals surface area contributed by atoms with Gasteiger partial charge >= 0.3 is 0 Å². The van der Waals surface area contributed by atoms with Gasteiger partial charge in [-0.15, -0.1) is 0 Å². The van der Waals surface area contributed by atoms with Gasteiger partial charge in [0.1, 0.15) is 0 Å². The Morgan fingerprint density at radius 2 is 1.05 bits per heavy atom. The SMILES string of the molecule is CCCCC/C=C/C/C=C\C/C=C\C/C=C\CCCBr. The molecule has 0 amide bonds. The Labute approximate surface area is 134 Å². The van der Waals surface area contributed by atoms with Gasteiger partial charge in [-0.1, -0.05) is 84.3 Å². The Hall–Kier alpha value is -0.560. The summed E-state index contributed by atoms with van der Waals surface area (Å²) in [5.41, 5.74) is 0. The fourth-order valence-electron chi connectivity index (χ4n) is 1.76. The second-order valence-corrected chi connectivity index (χ2v) is 5.71. The van der Waals surface area contributed by atoms with Crippen molar-refractivity contribution in [2.45, 2.75) is 64.7 Å². The molecule has 1 heteroatoms. The molecule has 20 heavy (non-hydrogen) atoms. The maximum atomic E-state index is 3.43. The monoisotopic (exact) mass is 338 g/mol. The summed E-state index contributed by atoms with van der Waals surface area (Å²) in [5, 5.41) is 1.10. The van der Waals surface area contributed by atoms with Gasteiger partial charge in [0.2, 0.25) is 0 Å². The van der Waals surface area contributed by atoms with E-state index in [4.69, 9.17) is 0 Å². The number of unbranched alkanes of at least 4 members (excludes halogenated alkanes) is 4. The maximum Gasteiger partial charge on any atom is 0.00342 e. The molecule has 0 atom stereocenters. The lowest BCUT2D eigenvalue weighted by atomic mass is 10.2. The minimum absolute atomic E-state index is 1.05. The Morgan fingerprint density at radius 1 is 0.600 bits per heavy atom. The molecule has 0 bridgehead atoms. The molecule has 0 rings (SSSR count). The fraction of sp³-hybridized carbons (Fsp3) is 0.579. The predicted molar refractivity (Wildman–Crippen MR) is 97.6 cm³/mol. The highest BCUT2D eigenvalue weighted by atomic mass is 79.9. The molecule has 0 saturated heterocycles. The summed E-state index contributed by atoms with van der Waals surface area (Å²) in [6.45, 7) is 2.25. The van der Waals surface area contributed by atoms with Crippen LogP contribution in [0.5, 0.6) is 0 Å². The van der Waals surface area contributed by atoms with E-state index in [1.165, 1.54) is 38.5 Å². The van der Waals surface area contributed by atoms with Crippen molar-refractivity contribution in [3.05, 3.63) is 48.6 Å². The molecule has 0 aliphatic carbocycles. The number of hydrogen-bond donors (Lipinski definition) is 0. The molecule has 0 aliphatic rings. The van der Waals surface area contributed by atoms with E-state index in [9.17, 15) is 0 Å². The first-order valence-corrected chi connectivity index (χ1v) is 9.20. The molecule has 0 unspecified atom stereocenters. The van der Waals surface area contributed by atoms with Crippen LogP contribution in [0.1, 0.15) is 64.7 Å². The van der Waals surface area contributed by atoms with E-state index < -0.39 is 0 Å². The van der Waals surface area contributed by atoms with Crippen molar-refractivity contribution in [2.24, 2.45) is 0 Å². The van der Waals surface area contributed by atoms with Gasteiger partial charge < -0.3 is 0 Å². The van der Waals surface area contributed by atoms with E-state index in [1.807, 2.05) is 0 Å². The fourth-order valence-corrected chi connectivity index (χ4v) is 2.08. The van der Waals surface area contributed by atoms with E-state index >= 15 is 0 Å². The zero-order valence-corrected chi connectivity index (χ0v) is 14.7. The van der Waals surface area contributed by atoms with Crippen LogP contribution >= 0.6 is 15.9 Å². The van der Waals surface area contributed by atoms with E-state index in [0.29, 0.717) is 0 Å². The smallest absolute Gasteiger partial charge is 0.00342 e. The van der Waals surface area contributed by atoms with Crippen LogP contribution in [0.25, 0.3) is 0 Å². The molecule has 0 saturated carbocycles. The molecule has 0 aromatic heterocycles. The van der Waals surface area contributed by atoms with Gasteiger partial charge in [-0.3, -0.25) is 0 Å². The molecule has 0 aromatic carbocycles. The van der Waals surface area contributed by atoms with Crippen molar-refractivity contribution in [2.75, 3.05) is 5.33 Å². The molecule has 0 aliphatic heterocycles. The van der Waals surface area contributed by atoms with E-state index in [1.54, 1.807) is 0 Å². The lowest BCUT2D eigenvalue weighted by Gasteiger charge is -1.90. The van der Waals surface area contributed by atoms with Gasteiger partial charge in [0.05, 0.1) is 0 Å². The van der Waals surface area contributed by atoms with Gasteiger partial charge in [0.15, 0.2) is 0 Å². The van der Waals surface area contributed by atoms with E-state index in [2.05, 4.69) is 71.5 Å². The first kappa shape index (κ1) is 19.4. The lowest BCUT2D eigenvalue weighted by molar-refractivity contribution is 0.728. The number of allylic oxidation sites excluding steroid dienone is 8. The molecule has 0 fully saturated rings. The quantitative estimate of drug-likeness (QED) is 0.190. The summed E-state index contributed by atoms with van der Waals surface area (Å²) >= 11 is 3.43. The third kappa shape index (κ3) is 17.4. The van der Waals surface area contributed by atoms with Crippen molar-refractivity contribution < 1.29 is 0 Å². The van der Waals surface area contributed by atoms with Crippen LogP contribution < -0.4 is 0 Å². The third-order valence-corrected chi connectivity index (χ3v) is 3.52. The van der Waals surface area contributed by atoms with E-state index in [-0.39, 0.29) is 0 Å². The summed E-state index contributed by atoms with van der Waals surface area (Å²) in [6.07, 6.45) is 29.0. The van der Waals surface area contributed by atoms with Crippen LogP contribution in [-0.2, 0) is 0 Å². The van der Waals surface area contributed by atoms with Crippen LogP contribution in [0, 0.1) is 0 Å². The van der Waals surface area contributed by atoms with Gasteiger partial charge in [0.25, 0.3) is 0 Å². The largest absolute Gasteiger partial charge is 0.0928 e. The predicted octanol–water partition coefficient (Wildman–Crippen LogP) is 7.14. The molecule has 0 N–H and O–H groups in total. The standard InChI is InChI=1S/C19H31Br/c1-2-3-4-5-6-7-8-9-10-11-12-13-14-15-16-17-18-19-20/h6-7,9-10,12-13,15-16H,2-5,8,11,14,17-19H2,1H3/b7-6+,10-9-,13-12-,16-15-. The Kier molecular flexibility index (Phi) is 17.9. The van der Waals surface area contributed by atoms with Gasteiger partial charge in [0, 0.05) is 5.33 Å². The van der Waals surface area contributed by atoms with Crippen LogP contribution in [-0.4, -0.2) is 5.33 Å². The number of alkyl halides is 1. The van der Waals surface area contributed by atoms with Crippen molar-refractivity contribution in [3.8, 4) is 0 Å². The highest BCUT2D eigenvalue weighted by Gasteiger charge is 1.81. The highest BCUT2D eigenvalue weighted by molar-refractivity contribution is 9.09. The van der Waals surface area contributed by atoms with E-state index in [0.717, 1.165) is 24.6 Å². The third-order valence-electron chi connectivity index (χ3n) is 2.96. The molecular formula is C19H31Br. The highest BCUT2D eigenvalue weighted by Crippen LogP contribution is 2.01. The number of rotatable bonds is 13. The summed E-state index contributed by atoms with van der Waals surface area (Å²) in [4.78, 5) is 0. The Bertz CT molecular complexity index is 284. The van der Waals surface area contributed by atoms with Crippen LogP contribution in [0.4, 0.5) is 0 Å². The zero-order valence-electron chi connectivity index (χ0n) is 13.1. The van der Waals surface area contributed by atoms with Gasteiger partial charge in [-0.25, -0.2) is 0 Å². The first-order chi connectivity index (χ1) is 9.91. The van der Waals surface area contributed by atoms with Crippen molar-refractivity contribution in [1.29, 1.82) is 0 Å². The molecule has 0 spiro atoms. The van der Waals surface area contributed by atoms with Crippen molar-refractivity contribution in [1.82, 2.24) is 0 Å². The van der Waals surface area contributed by atoms with Gasteiger partial charge in [-0.2, -0.15) is 0 Å². The molecule has 0 heterocycles. The molecule has 0 radical (unpaired) electrons. The summed E-state index contributed by atoms with van der Waals surface area (Å²) in [5.74, 6) is 0. The second-order valence-electron chi connectivity index (χ2n) is 4.92.